The number of carbonyl (C=O) groups is 3. The van der Waals surface area contributed by atoms with Crippen LogP contribution in [0.15, 0.2) is 72.9 Å². The summed E-state index contributed by atoms with van der Waals surface area (Å²) >= 11 is 0. The molecule has 0 saturated heterocycles. The van der Waals surface area contributed by atoms with Crippen molar-refractivity contribution in [2.75, 3.05) is 47.5 Å². The fourth-order valence-electron chi connectivity index (χ4n) is 10.5. The van der Waals surface area contributed by atoms with Crippen LogP contribution in [0.5, 0.6) is 0 Å². The molecule has 494 valence electrons. The van der Waals surface area contributed by atoms with Crippen LogP contribution in [0.25, 0.3) is 0 Å². The summed E-state index contributed by atoms with van der Waals surface area (Å²) in [6.45, 7) is 4.82. The monoisotopic (exact) mass is 1190 g/mol. The van der Waals surface area contributed by atoms with E-state index in [1.165, 1.54) is 231 Å². The number of nitrogens with zero attached hydrogens (tertiary/aromatic N) is 1. The maximum atomic E-state index is 13.0. The van der Waals surface area contributed by atoms with Crippen molar-refractivity contribution in [2.24, 2.45) is 0 Å². The van der Waals surface area contributed by atoms with Crippen LogP contribution < -0.4 is 0 Å². The number of hydrogen-bond donors (Lipinski definition) is 1. The number of hydrogen-bond acceptors (Lipinski definition) is 7. The van der Waals surface area contributed by atoms with Gasteiger partial charge < -0.3 is 28.5 Å². The zero-order chi connectivity index (χ0) is 61.9. The Hall–Kier alpha value is -3.27. The molecular formula is C76H138NO8+. The smallest absolute Gasteiger partial charge is 0.361 e. The van der Waals surface area contributed by atoms with E-state index in [-0.39, 0.29) is 32.2 Å². The molecule has 0 amide bonds. The predicted molar refractivity (Wildman–Crippen MR) is 364 cm³/mol. The molecule has 9 nitrogen and oxygen atoms in total. The minimum absolute atomic E-state index is 0.180. The van der Waals surface area contributed by atoms with Gasteiger partial charge in [0.1, 0.15) is 13.2 Å². The molecule has 0 radical (unpaired) electrons. The molecule has 2 atom stereocenters. The second-order valence-corrected chi connectivity index (χ2v) is 25.5. The Bertz CT molecular complexity index is 1620. The molecule has 9 heteroatoms. The normalized spacial score (nSPS) is 13.1. The second kappa shape index (κ2) is 66.7. The van der Waals surface area contributed by atoms with E-state index in [1.807, 2.05) is 21.1 Å². The second-order valence-electron chi connectivity index (χ2n) is 25.5. The third kappa shape index (κ3) is 68.1. The maximum Gasteiger partial charge on any atom is 0.361 e. The number of unbranched alkanes of at least 4 members (excludes halogenated alkanes) is 40. The summed E-state index contributed by atoms with van der Waals surface area (Å²) in [5.41, 5.74) is 0. The average molecular weight is 1190 g/mol. The van der Waals surface area contributed by atoms with Gasteiger partial charge in [0.15, 0.2) is 6.10 Å². The lowest BCUT2D eigenvalue weighted by atomic mass is 10.0. The Balaban J connectivity index is 4.08. The number of aliphatic carboxylic acids is 1. The largest absolute Gasteiger partial charge is 0.477 e. The molecule has 0 aromatic heterocycles. The summed E-state index contributed by atoms with van der Waals surface area (Å²) in [6.07, 6.45) is 85.9. The molecule has 0 bridgehead atoms. The lowest BCUT2D eigenvalue weighted by molar-refractivity contribution is -0.870. The number of carboxylic acids is 1. The van der Waals surface area contributed by atoms with Crippen LogP contribution in [-0.4, -0.2) is 87.4 Å². The Morgan fingerprint density at radius 2 is 0.671 bits per heavy atom. The van der Waals surface area contributed by atoms with Gasteiger partial charge in [-0.2, -0.15) is 0 Å². The van der Waals surface area contributed by atoms with E-state index in [1.54, 1.807) is 0 Å². The number of allylic oxidation sites excluding steroid dienone is 12. The molecule has 85 heavy (non-hydrogen) atoms. The lowest BCUT2D eigenvalue weighted by Gasteiger charge is -2.25. The van der Waals surface area contributed by atoms with Crippen molar-refractivity contribution < 1.29 is 42.9 Å². The molecule has 0 saturated carbocycles. The van der Waals surface area contributed by atoms with E-state index in [4.69, 9.17) is 18.9 Å². The highest BCUT2D eigenvalue weighted by Crippen LogP contribution is 2.19. The van der Waals surface area contributed by atoms with Gasteiger partial charge in [0.25, 0.3) is 6.29 Å². The Morgan fingerprint density at radius 1 is 0.365 bits per heavy atom. The Morgan fingerprint density at radius 3 is 1.00 bits per heavy atom. The molecule has 2 unspecified atom stereocenters. The molecule has 1 N–H and O–H groups in total. The molecule has 0 aliphatic heterocycles. The molecule has 0 aliphatic carbocycles. The summed E-state index contributed by atoms with van der Waals surface area (Å²) in [7, 11) is 5.99. The van der Waals surface area contributed by atoms with Crippen LogP contribution in [-0.2, 0) is 33.3 Å². The first-order valence-electron chi connectivity index (χ1n) is 36.1. The van der Waals surface area contributed by atoms with Crippen molar-refractivity contribution in [1.29, 1.82) is 0 Å². The maximum absolute atomic E-state index is 13.0. The van der Waals surface area contributed by atoms with Crippen LogP contribution in [0.2, 0.25) is 0 Å². The van der Waals surface area contributed by atoms with E-state index in [2.05, 4.69) is 86.8 Å². The zero-order valence-electron chi connectivity index (χ0n) is 56.5. The van der Waals surface area contributed by atoms with Gasteiger partial charge in [-0.15, -0.1) is 0 Å². The number of carbonyl (C=O) groups excluding carboxylic acids is 2. The number of esters is 2. The van der Waals surface area contributed by atoms with Gasteiger partial charge in [-0.25, -0.2) is 4.79 Å². The molecule has 0 aromatic carbocycles. The summed E-state index contributed by atoms with van der Waals surface area (Å²) in [5, 5.41) is 9.75. The fourth-order valence-corrected chi connectivity index (χ4v) is 10.5. The topological polar surface area (TPSA) is 108 Å². The first kappa shape index (κ1) is 81.7. The third-order valence-electron chi connectivity index (χ3n) is 16.0. The van der Waals surface area contributed by atoms with Gasteiger partial charge in [0.05, 0.1) is 34.4 Å². The van der Waals surface area contributed by atoms with E-state index in [9.17, 15) is 19.5 Å². The van der Waals surface area contributed by atoms with Crippen LogP contribution in [0.1, 0.15) is 335 Å². The van der Waals surface area contributed by atoms with Crippen LogP contribution in [0, 0.1) is 0 Å². The summed E-state index contributed by atoms with van der Waals surface area (Å²) in [4.78, 5) is 37.7. The molecule has 0 spiro atoms. The number of quaternary nitrogens is 1. The Labute approximate surface area is 526 Å². The quantitative estimate of drug-likeness (QED) is 0.0211. The SMILES string of the molecule is CC/C=C\C/C=C\C/C=C\C/C=C\C/C=C\C/C=C\CCCCCCCCCCCCCCCCC(=O)OC(COC(=O)CCCCCCCCCCCCCCCCCCCCCCCCCCCCC)COC(OCC[N+](C)(C)C)C(=O)O. The van der Waals surface area contributed by atoms with Crippen LogP contribution in [0.4, 0.5) is 0 Å². The van der Waals surface area contributed by atoms with E-state index in [0.717, 1.165) is 77.0 Å². The van der Waals surface area contributed by atoms with Gasteiger partial charge in [0.2, 0.25) is 0 Å². The van der Waals surface area contributed by atoms with E-state index >= 15 is 0 Å². The molecule has 0 fully saturated rings. The standard InChI is InChI=1S/C76H137NO8/c1-6-8-10-12-14-16-18-20-22-24-26-28-30-32-34-35-36-37-38-39-41-43-45-47-49-51-53-55-57-59-61-63-65-67-74(79)85-72(71-84-76(75(80)81)82-69-68-77(3,4)5)70-83-73(78)66-64-62-60-58-56-54-52-50-48-46-44-42-40-33-31-29-27-25-23-21-19-17-15-13-11-9-7-2/h8,10,14,16,20,22,26,28,32,34,36-37,72,76H,6-7,9,11-13,15,17-19,21,23-25,27,29-31,33,35,38-71H2,1-5H3/p+1/b10-8-,16-14-,22-20-,28-26-,34-32-,37-36-. The van der Waals surface area contributed by atoms with Crippen molar-refractivity contribution in [3.63, 3.8) is 0 Å². The highest BCUT2D eigenvalue weighted by atomic mass is 16.7. The van der Waals surface area contributed by atoms with Gasteiger partial charge >= 0.3 is 17.9 Å². The van der Waals surface area contributed by atoms with Gasteiger partial charge in [0, 0.05) is 12.8 Å². The Kier molecular flexibility index (Phi) is 64.1. The lowest BCUT2D eigenvalue weighted by Crippen LogP contribution is -2.40. The minimum Gasteiger partial charge on any atom is -0.477 e. The van der Waals surface area contributed by atoms with Gasteiger partial charge in [-0.3, -0.25) is 9.59 Å². The average Bonchev–Trinajstić information content (AvgIpc) is 3.49. The minimum atomic E-state index is -1.51. The van der Waals surface area contributed by atoms with E-state index < -0.39 is 24.3 Å². The van der Waals surface area contributed by atoms with Gasteiger partial charge in [-0.05, 0) is 64.2 Å². The number of rotatable bonds is 67. The molecule has 0 aromatic rings. The number of likely N-dealkylation sites (N-methyl/N-ethyl adjacent to an activating group) is 1. The molecule has 0 aliphatic rings. The predicted octanol–water partition coefficient (Wildman–Crippen LogP) is 22.5. The van der Waals surface area contributed by atoms with Crippen molar-refractivity contribution in [3.8, 4) is 0 Å². The summed E-state index contributed by atoms with van der Waals surface area (Å²) < 4.78 is 23.0. The summed E-state index contributed by atoms with van der Waals surface area (Å²) in [6, 6.07) is 0. The fraction of sp³-hybridized carbons (Fsp3) is 0.803. The first-order valence-corrected chi connectivity index (χ1v) is 36.1. The highest BCUT2D eigenvalue weighted by molar-refractivity contribution is 5.71. The van der Waals surface area contributed by atoms with Crippen molar-refractivity contribution in [1.82, 2.24) is 0 Å². The summed E-state index contributed by atoms with van der Waals surface area (Å²) in [5.74, 6) is -1.99. The van der Waals surface area contributed by atoms with Crippen molar-refractivity contribution in [2.45, 2.75) is 347 Å². The molecular weight excluding hydrogens is 1050 g/mol. The van der Waals surface area contributed by atoms with Gasteiger partial charge in [-0.1, -0.05) is 331 Å². The number of ether oxygens (including phenoxy) is 4. The first-order chi connectivity index (χ1) is 41.6. The third-order valence-corrected chi connectivity index (χ3v) is 16.0. The molecule has 0 heterocycles. The van der Waals surface area contributed by atoms with Crippen molar-refractivity contribution >= 4 is 17.9 Å². The number of carboxylic acid groups (broad SMARTS) is 1. The highest BCUT2D eigenvalue weighted by Gasteiger charge is 2.25. The van der Waals surface area contributed by atoms with Crippen LogP contribution in [0.3, 0.4) is 0 Å². The van der Waals surface area contributed by atoms with Crippen LogP contribution >= 0.6 is 0 Å². The van der Waals surface area contributed by atoms with Crippen molar-refractivity contribution in [3.05, 3.63) is 72.9 Å². The zero-order valence-corrected chi connectivity index (χ0v) is 56.5. The van der Waals surface area contributed by atoms with E-state index in [0.29, 0.717) is 17.4 Å². The molecule has 0 rings (SSSR count).